The third kappa shape index (κ3) is 3.20. The Kier molecular flexibility index (Phi) is 4.10. The summed E-state index contributed by atoms with van der Waals surface area (Å²) in [7, 11) is 0. The van der Waals surface area contributed by atoms with Crippen LogP contribution in [0.25, 0.3) is 0 Å². The lowest BCUT2D eigenvalue weighted by Gasteiger charge is -2.14. The number of hydrogen-bond acceptors (Lipinski definition) is 3. The van der Waals surface area contributed by atoms with Gasteiger partial charge in [0.05, 0.1) is 0 Å². The summed E-state index contributed by atoms with van der Waals surface area (Å²) in [6.07, 6.45) is 0. The van der Waals surface area contributed by atoms with Gasteiger partial charge in [-0.05, 0) is 24.6 Å². The molecule has 0 fully saturated rings. The van der Waals surface area contributed by atoms with Gasteiger partial charge in [-0.25, -0.2) is 9.78 Å². The molecule has 0 aliphatic rings. The maximum Gasteiger partial charge on any atom is 0.330 e. The van der Waals surface area contributed by atoms with Crippen LogP contribution in [0.4, 0.5) is 0 Å². The van der Waals surface area contributed by atoms with Crippen LogP contribution in [0.15, 0.2) is 48.5 Å². The lowest BCUT2D eigenvalue weighted by molar-refractivity contribution is -0.139. The molecule has 0 saturated carbocycles. The Morgan fingerprint density at radius 2 is 1.80 bits per heavy atom. The van der Waals surface area contributed by atoms with E-state index >= 15 is 0 Å². The lowest BCUT2D eigenvalue weighted by atomic mass is 10.1. The number of amides is 1. The molecule has 1 aromatic heterocycles. The van der Waals surface area contributed by atoms with Crippen LogP contribution in [0, 0.1) is 6.92 Å². The molecule has 0 aliphatic heterocycles. The standard InChI is InChI=1S/C15H14N2O3/c1-10-6-5-9-12(16-10)14(18)17-13(15(19)20)11-7-3-2-4-8-11/h2-9,13H,1H3,(H,17,18)(H,19,20). The van der Waals surface area contributed by atoms with Gasteiger partial charge in [-0.1, -0.05) is 36.4 Å². The number of pyridine rings is 1. The van der Waals surface area contributed by atoms with Gasteiger partial charge in [0.1, 0.15) is 5.69 Å². The summed E-state index contributed by atoms with van der Waals surface area (Å²) in [6, 6.07) is 12.5. The van der Waals surface area contributed by atoms with Crippen molar-refractivity contribution >= 4 is 11.9 Å². The molecular formula is C15H14N2O3. The minimum atomic E-state index is -1.11. The van der Waals surface area contributed by atoms with Crippen molar-refractivity contribution in [3.63, 3.8) is 0 Å². The molecule has 20 heavy (non-hydrogen) atoms. The van der Waals surface area contributed by atoms with Crippen LogP contribution >= 0.6 is 0 Å². The summed E-state index contributed by atoms with van der Waals surface area (Å²) >= 11 is 0. The van der Waals surface area contributed by atoms with Crippen LogP contribution < -0.4 is 5.32 Å². The van der Waals surface area contributed by atoms with Gasteiger partial charge in [0.25, 0.3) is 5.91 Å². The molecule has 1 aromatic carbocycles. The van der Waals surface area contributed by atoms with E-state index in [1.54, 1.807) is 55.5 Å². The minimum absolute atomic E-state index is 0.201. The Morgan fingerprint density at radius 1 is 1.10 bits per heavy atom. The number of hydrogen-bond donors (Lipinski definition) is 2. The van der Waals surface area contributed by atoms with E-state index in [1.165, 1.54) is 0 Å². The van der Waals surface area contributed by atoms with E-state index in [0.29, 0.717) is 11.3 Å². The first-order chi connectivity index (χ1) is 9.58. The highest BCUT2D eigenvalue weighted by Gasteiger charge is 2.22. The number of aromatic nitrogens is 1. The summed E-state index contributed by atoms with van der Waals surface area (Å²) in [5.74, 6) is -1.62. The molecule has 0 saturated heterocycles. The molecular weight excluding hydrogens is 256 g/mol. The van der Waals surface area contributed by atoms with Crippen molar-refractivity contribution < 1.29 is 14.7 Å². The fraction of sp³-hybridized carbons (Fsp3) is 0.133. The van der Waals surface area contributed by atoms with Crippen molar-refractivity contribution in [2.45, 2.75) is 13.0 Å². The molecule has 2 rings (SSSR count). The number of benzene rings is 1. The Labute approximate surface area is 116 Å². The van der Waals surface area contributed by atoms with E-state index in [2.05, 4.69) is 10.3 Å². The number of nitrogens with one attached hydrogen (secondary N) is 1. The maximum absolute atomic E-state index is 12.0. The SMILES string of the molecule is Cc1cccc(C(=O)NC(C(=O)O)c2ccccc2)n1. The van der Waals surface area contributed by atoms with E-state index in [1.807, 2.05) is 0 Å². The van der Waals surface area contributed by atoms with Crippen molar-refractivity contribution in [2.24, 2.45) is 0 Å². The zero-order valence-corrected chi connectivity index (χ0v) is 10.9. The first kappa shape index (κ1) is 13.7. The molecule has 0 bridgehead atoms. The van der Waals surface area contributed by atoms with Crippen molar-refractivity contribution in [2.75, 3.05) is 0 Å². The zero-order valence-electron chi connectivity index (χ0n) is 10.9. The van der Waals surface area contributed by atoms with Gasteiger partial charge < -0.3 is 10.4 Å². The molecule has 102 valence electrons. The van der Waals surface area contributed by atoms with Gasteiger partial charge in [-0.2, -0.15) is 0 Å². The first-order valence-corrected chi connectivity index (χ1v) is 6.10. The maximum atomic E-state index is 12.0. The number of carbonyl (C=O) groups excluding carboxylic acids is 1. The number of rotatable bonds is 4. The Morgan fingerprint density at radius 3 is 2.40 bits per heavy atom. The average Bonchev–Trinajstić information content (AvgIpc) is 2.45. The van der Waals surface area contributed by atoms with Crippen LogP contribution in [0.5, 0.6) is 0 Å². The smallest absolute Gasteiger partial charge is 0.330 e. The molecule has 5 heteroatoms. The van der Waals surface area contributed by atoms with E-state index in [-0.39, 0.29) is 5.69 Å². The van der Waals surface area contributed by atoms with Crippen LogP contribution in [0.3, 0.4) is 0 Å². The van der Waals surface area contributed by atoms with Crippen molar-refractivity contribution in [3.8, 4) is 0 Å². The number of aliphatic carboxylic acids is 1. The summed E-state index contributed by atoms with van der Waals surface area (Å²) < 4.78 is 0. The molecule has 5 nitrogen and oxygen atoms in total. The van der Waals surface area contributed by atoms with Crippen molar-refractivity contribution in [3.05, 3.63) is 65.5 Å². The zero-order chi connectivity index (χ0) is 14.5. The number of carbonyl (C=O) groups is 2. The van der Waals surface area contributed by atoms with E-state index in [9.17, 15) is 14.7 Å². The predicted molar refractivity (Wildman–Crippen MR) is 73.3 cm³/mol. The summed E-state index contributed by atoms with van der Waals surface area (Å²) in [6.45, 7) is 1.77. The number of nitrogens with zero attached hydrogens (tertiary/aromatic N) is 1. The van der Waals surface area contributed by atoms with Crippen molar-refractivity contribution in [1.82, 2.24) is 10.3 Å². The third-order valence-corrected chi connectivity index (χ3v) is 2.78. The second-order valence-corrected chi connectivity index (χ2v) is 4.32. The largest absolute Gasteiger partial charge is 0.479 e. The van der Waals surface area contributed by atoms with E-state index in [0.717, 1.165) is 0 Å². The molecule has 0 radical (unpaired) electrons. The topological polar surface area (TPSA) is 79.3 Å². The number of carboxylic acids is 1. The van der Waals surface area contributed by atoms with Gasteiger partial charge in [0, 0.05) is 5.69 Å². The molecule has 0 aliphatic carbocycles. The van der Waals surface area contributed by atoms with Crippen molar-refractivity contribution in [1.29, 1.82) is 0 Å². The monoisotopic (exact) mass is 270 g/mol. The normalized spacial score (nSPS) is 11.7. The fourth-order valence-corrected chi connectivity index (χ4v) is 1.81. The third-order valence-electron chi connectivity index (χ3n) is 2.78. The Hall–Kier alpha value is -2.69. The summed E-state index contributed by atoms with van der Waals surface area (Å²) in [5.41, 5.74) is 1.41. The molecule has 1 unspecified atom stereocenters. The number of carboxylic acid groups (broad SMARTS) is 1. The first-order valence-electron chi connectivity index (χ1n) is 6.10. The van der Waals surface area contributed by atoms with Crippen LogP contribution in [0.1, 0.15) is 27.8 Å². The molecule has 2 N–H and O–H groups in total. The lowest BCUT2D eigenvalue weighted by Crippen LogP contribution is -2.34. The summed E-state index contributed by atoms with van der Waals surface area (Å²) in [4.78, 5) is 27.4. The van der Waals surface area contributed by atoms with Gasteiger partial charge in [-0.3, -0.25) is 4.79 Å². The highest BCUT2D eigenvalue weighted by atomic mass is 16.4. The quantitative estimate of drug-likeness (QED) is 0.890. The molecule has 1 atom stereocenters. The second-order valence-electron chi connectivity index (χ2n) is 4.32. The molecule has 0 spiro atoms. The predicted octanol–water partition coefficient (Wildman–Crippen LogP) is 1.95. The second kappa shape index (κ2) is 5.97. The van der Waals surface area contributed by atoms with Crippen LogP contribution in [-0.2, 0) is 4.79 Å². The average molecular weight is 270 g/mol. The summed E-state index contributed by atoms with van der Waals surface area (Å²) in [5, 5.41) is 11.7. The Balaban J connectivity index is 2.21. The molecule has 1 heterocycles. The molecule has 2 aromatic rings. The minimum Gasteiger partial charge on any atom is -0.479 e. The van der Waals surface area contributed by atoms with E-state index in [4.69, 9.17) is 0 Å². The van der Waals surface area contributed by atoms with Gasteiger partial charge in [0.15, 0.2) is 6.04 Å². The molecule has 1 amide bonds. The van der Waals surface area contributed by atoms with E-state index < -0.39 is 17.9 Å². The number of aryl methyl sites for hydroxylation is 1. The van der Waals surface area contributed by atoms with Gasteiger partial charge in [-0.15, -0.1) is 0 Å². The van der Waals surface area contributed by atoms with Gasteiger partial charge in [0.2, 0.25) is 0 Å². The van der Waals surface area contributed by atoms with Crippen LogP contribution in [0.2, 0.25) is 0 Å². The highest BCUT2D eigenvalue weighted by Crippen LogP contribution is 2.13. The highest BCUT2D eigenvalue weighted by molar-refractivity contribution is 5.95. The fourth-order valence-electron chi connectivity index (χ4n) is 1.81. The Bertz CT molecular complexity index is 626. The van der Waals surface area contributed by atoms with Gasteiger partial charge >= 0.3 is 5.97 Å². The van der Waals surface area contributed by atoms with Crippen LogP contribution in [-0.4, -0.2) is 22.0 Å².